The van der Waals surface area contributed by atoms with Crippen LogP contribution in [0.3, 0.4) is 0 Å². The maximum atomic E-state index is 12.7. The molecule has 0 unspecified atom stereocenters. The van der Waals surface area contributed by atoms with Crippen molar-refractivity contribution in [2.75, 3.05) is 26.2 Å². The Labute approximate surface area is 128 Å². The van der Waals surface area contributed by atoms with Crippen LogP contribution in [0, 0.1) is 0 Å². The molecular formula is C14H18N4O3S. The summed E-state index contributed by atoms with van der Waals surface area (Å²) in [4.78, 5) is 19.1. The number of aromatic nitrogens is 2. The highest BCUT2D eigenvalue weighted by atomic mass is 32.2. The molecule has 2 fully saturated rings. The molecule has 118 valence electrons. The van der Waals surface area contributed by atoms with Gasteiger partial charge in [0.1, 0.15) is 0 Å². The summed E-state index contributed by atoms with van der Waals surface area (Å²) in [6.07, 6.45) is 2.48. The molecule has 2 heterocycles. The zero-order valence-electron chi connectivity index (χ0n) is 12.1. The lowest BCUT2D eigenvalue weighted by atomic mass is 10.3. The number of piperazine rings is 1. The van der Waals surface area contributed by atoms with Crippen LogP contribution in [0.4, 0.5) is 0 Å². The number of sulfonamides is 1. The molecular weight excluding hydrogens is 304 g/mol. The van der Waals surface area contributed by atoms with E-state index in [0.717, 1.165) is 13.1 Å². The van der Waals surface area contributed by atoms with Crippen LogP contribution in [0.2, 0.25) is 0 Å². The molecule has 2 N–H and O–H groups in total. The molecule has 0 spiro atoms. The van der Waals surface area contributed by atoms with E-state index < -0.39 is 10.0 Å². The van der Waals surface area contributed by atoms with E-state index >= 15 is 0 Å². The second-order valence-corrected chi connectivity index (χ2v) is 7.90. The predicted octanol–water partition coefficient (Wildman–Crippen LogP) is 0.325. The van der Waals surface area contributed by atoms with Crippen LogP contribution in [-0.2, 0) is 10.0 Å². The second-order valence-electron chi connectivity index (χ2n) is 5.96. The lowest BCUT2D eigenvalue weighted by Gasteiger charge is -2.34. The van der Waals surface area contributed by atoms with Crippen molar-refractivity contribution in [3.8, 4) is 0 Å². The van der Waals surface area contributed by atoms with Gasteiger partial charge in [0.05, 0.1) is 15.9 Å². The molecule has 7 nitrogen and oxygen atoms in total. The smallest absolute Gasteiger partial charge is 0.306 e. The molecule has 8 heteroatoms. The second kappa shape index (κ2) is 4.94. The molecule has 0 atom stereocenters. The van der Waals surface area contributed by atoms with Gasteiger partial charge in [0.15, 0.2) is 0 Å². The normalized spacial score (nSPS) is 21.5. The van der Waals surface area contributed by atoms with Crippen molar-refractivity contribution in [2.45, 2.75) is 23.8 Å². The average molecular weight is 322 g/mol. The summed E-state index contributed by atoms with van der Waals surface area (Å²) in [7, 11) is -3.50. The van der Waals surface area contributed by atoms with Crippen molar-refractivity contribution in [3.63, 3.8) is 0 Å². The Hall–Kier alpha value is -1.64. The summed E-state index contributed by atoms with van der Waals surface area (Å²) in [6, 6.07) is 5.37. The largest absolute Gasteiger partial charge is 0.323 e. The third kappa shape index (κ3) is 2.37. The first-order valence-corrected chi connectivity index (χ1v) is 8.94. The minimum Gasteiger partial charge on any atom is -0.306 e. The van der Waals surface area contributed by atoms with Crippen molar-refractivity contribution < 1.29 is 8.42 Å². The predicted molar refractivity (Wildman–Crippen MR) is 82.3 cm³/mol. The summed E-state index contributed by atoms with van der Waals surface area (Å²) in [5, 5.41) is 0. The Kier molecular flexibility index (Phi) is 3.14. The van der Waals surface area contributed by atoms with E-state index in [1.54, 1.807) is 12.1 Å². The van der Waals surface area contributed by atoms with Crippen LogP contribution >= 0.6 is 0 Å². The molecule has 2 aliphatic rings. The fourth-order valence-corrected chi connectivity index (χ4v) is 4.52. The number of benzene rings is 1. The maximum Gasteiger partial charge on any atom is 0.323 e. The van der Waals surface area contributed by atoms with Crippen molar-refractivity contribution in [1.29, 1.82) is 0 Å². The van der Waals surface area contributed by atoms with Gasteiger partial charge >= 0.3 is 5.69 Å². The molecule has 2 aromatic rings. The Balaban J connectivity index is 1.59. The third-order valence-electron chi connectivity index (χ3n) is 4.46. The molecule has 4 rings (SSSR count). The van der Waals surface area contributed by atoms with E-state index in [1.165, 1.54) is 23.2 Å². The van der Waals surface area contributed by atoms with Gasteiger partial charge in [-0.05, 0) is 31.0 Å². The summed E-state index contributed by atoms with van der Waals surface area (Å²) < 4.78 is 27.0. The number of rotatable bonds is 3. The van der Waals surface area contributed by atoms with Crippen LogP contribution in [0.5, 0.6) is 0 Å². The topological polar surface area (TPSA) is 89.3 Å². The number of hydrogen-bond acceptors (Lipinski definition) is 4. The number of aromatic amines is 2. The highest BCUT2D eigenvalue weighted by Crippen LogP contribution is 2.28. The Morgan fingerprint density at radius 2 is 1.68 bits per heavy atom. The minimum atomic E-state index is -3.50. The molecule has 1 saturated heterocycles. The standard InChI is InChI=1S/C14H18N4O3S/c19-14-15-12-4-3-11(9-13(12)16-14)22(20,21)18-7-5-17(6-8-18)10-1-2-10/h3-4,9-10H,1-2,5-8H2,(H2,15,16,19). The van der Waals surface area contributed by atoms with E-state index in [4.69, 9.17) is 0 Å². The molecule has 1 aliphatic heterocycles. The number of nitrogens with one attached hydrogen (secondary N) is 2. The number of hydrogen-bond donors (Lipinski definition) is 2. The molecule has 1 aliphatic carbocycles. The number of nitrogens with zero attached hydrogens (tertiary/aromatic N) is 2. The van der Waals surface area contributed by atoms with E-state index in [2.05, 4.69) is 14.9 Å². The monoisotopic (exact) mass is 322 g/mol. The van der Waals surface area contributed by atoms with Crippen molar-refractivity contribution >= 4 is 21.1 Å². The van der Waals surface area contributed by atoms with Gasteiger partial charge in [-0.2, -0.15) is 4.31 Å². The average Bonchev–Trinajstić information content (AvgIpc) is 3.28. The Morgan fingerprint density at radius 1 is 1.00 bits per heavy atom. The molecule has 1 aromatic heterocycles. The number of imidazole rings is 1. The lowest BCUT2D eigenvalue weighted by Crippen LogP contribution is -2.49. The van der Waals surface area contributed by atoms with Gasteiger partial charge in [-0.3, -0.25) is 4.90 Å². The van der Waals surface area contributed by atoms with Crippen molar-refractivity contribution in [3.05, 3.63) is 28.7 Å². The van der Waals surface area contributed by atoms with Gasteiger partial charge in [0, 0.05) is 32.2 Å². The lowest BCUT2D eigenvalue weighted by molar-refractivity contribution is 0.180. The van der Waals surface area contributed by atoms with Gasteiger partial charge in [-0.1, -0.05) is 0 Å². The molecule has 0 bridgehead atoms. The van der Waals surface area contributed by atoms with Gasteiger partial charge in [-0.25, -0.2) is 13.2 Å². The fraction of sp³-hybridized carbons (Fsp3) is 0.500. The summed E-state index contributed by atoms with van der Waals surface area (Å²) in [6.45, 7) is 2.65. The Bertz CT molecular complexity index is 858. The quantitative estimate of drug-likeness (QED) is 0.852. The molecule has 0 amide bonds. The first kappa shape index (κ1) is 14.0. The van der Waals surface area contributed by atoms with Crippen LogP contribution in [-0.4, -0.2) is 59.8 Å². The van der Waals surface area contributed by atoms with E-state index in [9.17, 15) is 13.2 Å². The summed E-state index contributed by atoms with van der Waals surface area (Å²) >= 11 is 0. The number of H-pyrrole nitrogens is 2. The SMILES string of the molecule is O=c1[nH]c2ccc(S(=O)(=O)N3CCN(C4CC4)CC3)cc2[nH]1. The van der Waals surface area contributed by atoms with Crippen molar-refractivity contribution in [2.24, 2.45) is 0 Å². The molecule has 1 aromatic carbocycles. The van der Waals surface area contributed by atoms with Gasteiger partial charge in [0.25, 0.3) is 0 Å². The van der Waals surface area contributed by atoms with Crippen molar-refractivity contribution in [1.82, 2.24) is 19.2 Å². The molecule has 1 saturated carbocycles. The zero-order valence-corrected chi connectivity index (χ0v) is 12.9. The maximum absolute atomic E-state index is 12.7. The minimum absolute atomic E-state index is 0.232. The van der Waals surface area contributed by atoms with E-state index in [-0.39, 0.29) is 10.6 Å². The van der Waals surface area contributed by atoms with Crippen LogP contribution < -0.4 is 5.69 Å². The highest BCUT2D eigenvalue weighted by Gasteiger charge is 2.34. The van der Waals surface area contributed by atoms with E-state index in [0.29, 0.717) is 30.2 Å². The zero-order chi connectivity index (χ0) is 15.3. The molecule has 0 radical (unpaired) electrons. The summed E-state index contributed by atoms with van der Waals surface area (Å²) in [5.74, 6) is 0. The highest BCUT2D eigenvalue weighted by molar-refractivity contribution is 7.89. The van der Waals surface area contributed by atoms with E-state index in [1.807, 2.05) is 0 Å². The fourth-order valence-electron chi connectivity index (χ4n) is 3.07. The first-order valence-electron chi connectivity index (χ1n) is 7.50. The van der Waals surface area contributed by atoms with Crippen LogP contribution in [0.1, 0.15) is 12.8 Å². The van der Waals surface area contributed by atoms with Gasteiger partial charge in [-0.15, -0.1) is 0 Å². The third-order valence-corrected chi connectivity index (χ3v) is 6.36. The number of fused-ring (bicyclic) bond motifs is 1. The van der Waals surface area contributed by atoms with Gasteiger partial charge in [0.2, 0.25) is 10.0 Å². The van der Waals surface area contributed by atoms with Crippen LogP contribution in [0.25, 0.3) is 11.0 Å². The van der Waals surface area contributed by atoms with Gasteiger partial charge < -0.3 is 9.97 Å². The summed E-state index contributed by atoms with van der Waals surface area (Å²) in [5.41, 5.74) is 0.799. The Morgan fingerprint density at radius 3 is 2.36 bits per heavy atom. The van der Waals surface area contributed by atoms with Crippen LogP contribution in [0.15, 0.2) is 27.9 Å². The first-order chi connectivity index (χ1) is 10.5. The molecule has 22 heavy (non-hydrogen) atoms.